The minimum Gasteiger partial charge on any atom is -0.300 e. The lowest BCUT2D eigenvalue weighted by Crippen LogP contribution is -2.49. The Bertz CT molecular complexity index is 430. The molecule has 2 rings (SSSR count). The third kappa shape index (κ3) is 4.02. The SMILES string of the molecule is CC(C#N)N1CCN(CCc2ccc(F)cc2)CC1. The summed E-state index contributed by atoms with van der Waals surface area (Å²) >= 11 is 0. The van der Waals surface area contributed by atoms with Crippen LogP contribution in [0.15, 0.2) is 24.3 Å². The van der Waals surface area contributed by atoms with Gasteiger partial charge in [-0.1, -0.05) is 12.1 Å². The normalized spacial score (nSPS) is 19.0. The fourth-order valence-electron chi connectivity index (χ4n) is 2.39. The number of hydrogen-bond donors (Lipinski definition) is 0. The van der Waals surface area contributed by atoms with Crippen molar-refractivity contribution < 1.29 is 4.39 Å². The van der Waals surface area contributed by atoms with Crippen molar-refractivity contribution in [3.05, 3.63) is 35.6 Å². The number of halogens is 1. The zero-order chi connectivity index (χ0) is 13.7. The lowest BCUT2D eigenvalue weighted by molar-refractivity contribution is 0.120. The molecule has 0 saturated carbocycles. The second kappa shape index (κ2) is 6.65. The van der Waals surface area contributed by atoms with Crippen LogP contribution in [0.5, 0.6) is 0 Å². The number of nitrogens with zero attached hydrogens (tertiary/aromatic N) is 3. The Morgan fingerprint density at radius 1 is 1.21 bits per heavy atom. The summed E-state index contributed by atoms with van der Waals surface area (Å²) in [5.41, 5.74) is 1.18. The first-order valence-electron chi connectivity index (χ1n) is 6.79. The second-order valence-corrected chi connectivity index (χ2v) is 5.06. The molecule has 102 valence electrons. The van der Waals surface area contributed by atoms with Crippen LogP contribution in [0, 0.1) is 17.1 Å². The van der Waals surface area contributed by atoms with E-state index >= 15 is 0 Å². The van der Waals surface area contributed by atoms with Gasteiger partial charge in [0.25, 0.3) is 0 Å². The van der Waals surface area contributed by atoms with Gasteiger partial charge in [0.15, 0.2) is 0 Å². The van der Waals surface area contributed by atoms with Gasteiger partial charge in [-0.2, -0.15) is 5.26 Å². The van der Waals surface area contributed by atoms with Crippen molar-refractivity contribution in [2.24, 2.45) is 0 Å². The van der Waals surface area contributed by atoms with Crippen molar-refractivity contribution in [2.75, 3.05) is 32.7 Å². The van der Waals surface area contributed by atoms with Crippen LogP contribution in [0.4, 0.5) is 4.39 Å². The molecule has 0 aromatic heterocycles. The Morgan fingerprint density at radius 2 is 1.84 bits per heavy atom. The standard InChI is InChI=1S/C15H20FN3/c1-13(12-17)19-10-8-18(9-11-19)7-6-14-2-4-15(16)5-3-14/h2-5,13H,6-11H2,1H3. The van der Waals surface area contributed by atoms with Gasteiger partial charge in [0.05, 0.1) is 12.1 Å². The molecule has 19 heavy (non-hydrogen) atoms. The maximum atomic E-state index is 12.8. The molecule has 1 aliphatic rings. The molecule has 0 spiro atoms. The summed E-state index contributed by atoms with van der Waals surface area (Å²) in [7, 11) is 0. The van der Waals surface area contributed by atoms with E-state index in [1.165, 1.54) is 17.7 Å². The molecule has 1 heterocycles. The molecule has 0 N–H and O–H groups in total. The van der Waals surface area contributed by atoms with Crippen LogP contribution in [0.1, 0.15) is 12.5 Å². The summed E-state index contributed by atoms with van der Waals surface area (Å²) in [6.45, 7) is 6.88. The molecule has 3 nitrogen and oxygen atoms in total. The Morgan fingerprint density at radius 3 is 2.42 bits per heavy atom. The van der Waals surface area contributed by atoms with E-state index in [0.717, 1.165) is 39.1 Å². The molecular formula is C15H20FN3. The summed E-state index contributed by atoms with van der Waals surface area (Å²) < 4.78 is 12.8. The summed E-state index contributed by atoms with van der Waals surface area (Å²) in [6.07, 6.45) is 0.952. The first-order valence-corrected chi connectivity index (χ1v) is 6.79. The molecule has 1 saturated heterocycles. The van der Waals surface area contributed by atoms with E-state index in [-0.39, 0.29) is 11.9 Å². The summed E-state index contributed by atoms with van der Waals surface area (Å²) in [4.78, 5) is 4.62. The highest BCUT2D eigenvalue weighted by molar-refractivity contribution is 5.16. The summed E-state index contributed by atoms with van der Waals surface area (Å²) in [5.74, 6) is -0.178. The highest BCUT2D eigenvalue weighted by Gasteiger charge is 2.20. The van der Waals surface area contributed by atoms with Crippen molar-refractivity contribution in [3.63, 3.8) is 0 Å². The second-order valence-electron chi connectivity index (χ2n) is 5.06. The third-order valence-corrected chi connectivity index (χ3v) is 3.77. The zero-order valence-electron chi connectivity index (χ0n) is 11.3. The van der Waals surface area contributed by atoms with Gasteiger partial charge in [0, 0.05) is 32.7 Å². The summed E-state index contributed by atoms with van der Waals surface area (Å²) in [5, 5.41) is 8.89. The number of benzene rings is 1. The fraction of sp³-hybridized carbons (Fsp3) is 0.533. The number of piperazine rings is 1. The lowest BCUT2D eigenvalue weighted by atomic mass is 10.1. The quantitative estimate of drug-likeness (QED) is 0.829. The van der Waals surface area contributed by atoms with Crippen molar-refractivity contribution in [1.82, 2.24) is 9.80 Å². The van der Waals surface area contributed by atoms with Gasteiger partial charge in [0.2, 0.25) is 0 Å². The van der Waals surface area contributed by atoms with E-state index < -0.39 is 0 Å². The smallest absolute Gasteiger partial charge is 0.123 e. The molecule has 0 bridgehead atoms. The van der Waals surface area contributed by atoms with Gasteiger partial charge >= 0.3 is 0 Å². The lowest BCUT2D eigenvalue weighted by Gasteiger charge is -2.35. The highest BCUT2D eigenvalue weighted by Crippen LogP contribution is 2.08. The highest BCUT2D eigenvalue weighted by atomic mass is 19.1. The van der Waals surface area contributed by atoms with Gasteiger partial charge in [-0.25, -0.2) is 4.39 Å². The van der Waals surface area contributed by atoms with Crippen molar-refractivity contribution in [1.29, 1.82) is 5.26 Å². The molecule has 1 atom stereocenters. The summed E-state index contributed by atoms with van der Waals surface area (Å²) in [6, 6.07) is 9.03. The molecular weight excluding hydrogens is 241 g/mol. The monoisotopic (exact) mass is 261 g/mol. The number of rotatable bonds is 4. The maximum absolute atomic E-state index is 12.8. The predicted octanol–water partition coefficient (Wildman–Crippen LogP) is 1.90. The van der Waals surface area contributed by atoms with Crippen LogP contribution >= 0.6 is 0 Å². The van der Waals surface area contributed by atoms with Gasteiger partial charge in [0.1, 0.15) is 5.82 Å². The van der Waals surface area contributed by atoms with Crippen molar-refractivity contribution >= 4 is 0 Å². The molecule has 4 heteroatoms. The van der Waals surface area contributed by atoms with Crippen LogP contribution in [-0.2, 0) is 6.42 Å². The minimum absolute atomic E-state index is 0.0132. The van der Waals surface area contributed by atoms with Gasteiger partial charge in [-0.15, -0.1) is 0 Å². The average molecular weight is 261 g/mol. The largest absolute Gasteiger partial charge is 0.300 e. The van der Waals surface area contributed by atoms with E-state index in [1.54, 1.807) is 0 Å². The molecule has 1 aromatic carbocycles. The van der Waals surface area contributed by atoms with Crippen molar-refractivity contribution in [3.8, 4) is 6.07 Å². The van der Waals surface area contributed by atoms with Gasteiger partial charge < -0.3 is 4.90 Å². The minimum atomic E-state index is -0.178. The van der Waals surface area contributed by atoms with Crippen molar-refractivity contribution in [2.45, 2.75) is 19.4 Å². The topological polar surface area (TPSA) is 30.3 Å². The molecule has 0 amide bonds. The van der Waals surface area contributed by atoms with Crippen LogP contribution in [0.2, 0.25) is 0 Å². The van der Waals surface area contributed by atoms with Crippen LogP contribution < -0.4 is 0 Å². The van der Waals surface area contributed by atoms with E-state index in [1.807, 2.05) is 19.1 Å². The fourth-order valence-corrected chi connectivity index (χ4v) is 2.39. The van der Waals surface area contributed by atoms with E-state index in [0.29, 0.717) is 0 Å². The van der Waals surface area contributed by atoms with Crippen LogP contribution in [0.25, 0.3) is 0 Å². The molecule has 1 fully saturated rings. The number of nitriles is 1. The third-order valence-electron chi connectivity index (χ3n) is 3.77. The van der Waals surface area contributed by atoms with Gasteiger partial charge in [-0.3, -0.25) is 4.90 Å². The Balaban J connectivity index is 1.74. The van der Waals surface area contributed by atoms with E-state index in [2.05, 4.69) is 15.9 Å². The first kappa shape index (κ1) is 14.0. The molecule has 1 unspecified atom stereocenters. The Kier molecular flexibility index (Phi) is 4.89. The Labute approximate surface area is 114 Å². The maximum Gasteiger partial charge on any atom is 0.123 e. The van der Waals surface area contributed by atoms with Crippen LogP contribution in [0.3, 0.4) is 0 Å². The predicted molar refractivity (Wildman–Crippen MR) is 73.2 cm³/mol. The average Bonchev–Trinajstić information content (AvgIpc) is 2.46. The number of hydrogen-bond acceptors (Lipinski definition) is 3. The molecule has 1 aromatic rings. The van der Waals surface area contributed by atoms with Crippen LogP contribution in [-0.4, -0.2) is 48.6 Å². The molecule has 0 radical (unpaired) electrons. The first-order chi connectivity index (χ1) is 9.19. The Hall–Kier alpha value is -1.44. The van der Waals surface area contributed by atoms with Gasteiger partial charge in [-0.05, 0) is 31.0 Å². The van der Waals surface area contributed by atoms with E-state index in [4.69, 9.17) is 5.26 Å². The molecule has 0 aliphatic carbocycles. The molecule has 1 aliphatic heterocycles. The zero-order valence-corrected chi connectivity index (χ0v) is 11.3. The van der Waals surface area contributed by atoms with E-state index in [9.17, 15) is 4.39 Å².